The van der Waals surface area contributed by atoms with Crippen LogP contribution in [-0.2, 0) is 4.79 Å². The number of fused-ring (bicyclic) bond motifs is 1. The fourth-order valence-corrected chi connectivity index (χ4v) is 3.52. The van der Waals surface area contributed by atoms with Crippen molar-refractivity contribution >= 4 is 29.0 Å². The molecule has 0 atom stereocenters. The van der Waals surface area contributed by atoms with Crippen molar-refractivity contribution in [1.29, 1.82) is 0 Å². The summed E-state index contributed by atoms with van der Waals surface area (Å²) in [6, 6.07) is 5.85. The first-order chi connectivity index (χ1) is 13.0. The van der Waals surface area contributed by atoms with Crippen molar-refractivity contribution in [3.8, 4) is 0 Å². The molecule has 2 aliphatic rings. The van der Waals surface area contributed by atoms with Gasteiger partial charge in [0.05, 0.1) is 17.8 Å². The fourth-order valence-electron chi connectivity index (χ4n) is 3.52. The number of aryl methyl sites for hydroxylation is 2. The van der Waals surface area contributed by atoms with Crippen LogP contribution in [0.3, 0.4) is 0 Å². The number of amides is 2. The number of pyridine rings is 2. The molecular formula is C19H22N6O2. The van der Waals surface area contributed by atoms with Crippen LogP contribution in [0.2, 0.25) is 0 Å². The first kappa shape index (κ1) is 17.3. The molecule has 1 fully saturated rings. The third-order valence-corrected chi connectivity index (χ3v) is 4.82. The summed E-state index contributed by atoms with van der Waals surface area (Å²) in [5.41, 5.74) is 4.19. The van der Waals surface area contributed by atoms with Gasteiger partial charge in [-0.1, -0.05) is 0 Å². The maximum Gasteiger partial charge on any atom is 0.255 e. The lowest BCUT2D eigenvalue weighted by atomic mass is 10.1. The summed E-state index contributed by atoms with van der Waals surface area (Å²) in [6.45, 7) is 7.00. The van der Waals surface area contributed by atoms with Gasteiger partial charge in [0.25, 0.3) is 5.91 Å². The number of nitrogens with zero attached hydrogens (tertiary/aromatic N) is 4. The molecule has 2 amide bonds. The van der Waals surface area contributed by atoms with E-state index in [9.17, 15) is 9.59 Å². The molecule has 8 heteroatoms. The summed E-state index contributed by atoms with van der Waals surface area (Å²) in [5, 5.41) is 5.68. The quantitative estimate of drug-likeness (QED) is 0.835. The number of carbonyl (C=O) groups excluding carboxylic acids is 2. The van der Waals surface area contributed by atoms with Crippen molar-refractivity contribution in [2.45, 2.75) is 13.8 Å². The second kappa shape index (κ2) is 6.86. The Kier molecular flexibility index (Phi) is 4.39. The Labute approximate surface area is 157 Å². The Balaban J connectivity index is 1.44. The number of rotatable bonds is 2. The summed E-state index contributed by atoms with van der Waals surface area (Å²) in [4.78, 5) is 37.2. The lowest BCUT2D eigenvalue weighted by Crippen LogP contribution is -2.49. The maximum atomic E-state index is 12.8. The Bertz CT molecular complexity index is 885. The highest BCUT2D eigenvalue weighted by Crippen LogP contribution is 2.24. The molecule has 0 radical (unpaired) electrons. The molecule has 0 aromatic carbocycles. The van der Waals surface area contributed by atoms with Gasteiger partial charge in [-0.15, -0.1) is 0 Å². The molecule has 0 aliphatic carbocycles. The summed E-state index contributed by atoms with van der Waals surface area (Å²) in [7, 11) is 0. The topological polar surface area (TPSA) is 90.5 Å². The van der Waals surface area contributed by atoms with Gasteiger partial charge < -0.3 is 20.4 Å². The lowest BCUT2D eigenvalue weighted by Gasteiger charge is -2.36. The number of carbonyl (C=O) groups is 2. The maximum absolute atomic E-state index is 12.8. The average molecular weight is 366 g/mol. The standard InChI is InChI=1S/C19H22N6O2/c1-12-7-15(8-13(2)22-12)24-3-5-25(6-4-24)19(27)14-9-16-18(20-10-14)21-11-17(26)23-16/h7-10H,3-6,11H2,1-2H3,(H,20,21)(H,23,26). The molecule has 27 heavy (non-hydrogen) atoms. The normalized spacial score (nSPS) is 16.4. The molecule has 2 aliphatic heterocycles. The number of aromatic nitrogens is 2. The summed E-state index contributed by atoms with van der Waals surface area (Å²) in [6.07, 6.45) is 1.56. The molecular weight excluding hydrogens is 344 g/mol. The van der Waals surface area contributed by atoms with E-state index in [1.54, 1.807) is 12.3 Å². The number of hydrogen-bond acceptors (Lipinski definition) is 6. The smallest absolute Gasteiger partial charge is 0.255 e. The van der Waals surface area contributed by atoms with Gasteiger partial charge in [0.2, 0.25) is 5.91 Å². The van der Waals surface area contributed by atoms with Gasteiger partial charge in [-0.3, -0.25) is 14.6 Å². The zero-order chi connectivity index (χ0) is 19.0. The molecule has 140 valence electrons. The van der Waals surface area contributed by atoms with Crippen molar-refractivity contribution in [3.05, 3.63) is 41.3 Å². The van der Waals surface area contributed by atoms with Gasteiger partial charge in [-0.25, -0.2) is 4.98 Å². The molecule has 0 saturated carbocycles. The summed E-state index contributed by atoms with van der Waals surface area (Å²) in [5.74, 6) is 0.400. The largest absolute Gasteiger partial charge is 0.368 e. The van der Waals surface area contributed by atoms with E-state index in [2.05, 4.69) is 37.6 Å². The van der Waals surface area contributed by atoms with Crippen LogP contribution >= 0.6 is 0 Å². The minimum Gasteiger partial charge on any atom is -0.368 e. The van der Waals surface area contributed by atoms with Crippen molar-refractivity contribution < 1.29 is 9.59 Å². The third kappa shape index (κ3) is 3.55. The Morgan fingerprint density at radius 1 is 1.07 bits per heavy atom. The van der Waals surface area contributed by atoms with Crippen LogP contribution in [-0.4, -0.2) is 59.4 Å². The second-order valence-corrected chi connectivity index (χ2v) is 6.91. The molecule has 2 aromatic rings. The van der Waals surface area contributed by atoms with Gasteiger partial charge in [0.15, 0.2) is 0 Å². The molecule has 2 aromatic heterocycles. The minimum atomic E-state index is -0.134. The number of anilines is 3. The SMILES string of the molecule is Cc1cc(N2CCN(C(=O)c3cnc4c(c3)NC(=O)CN4)CC2)cc(C)n1. The van der Waals surface area contributed by atoms with E-state index >= 15 is 0 Å². The van der Waals surface area contributed by atoms with Crippen LogP contribution < -0.4 is 15.5 Å². The van der Waals surface area contributed by atoms with Crippen molar-refractivity contribution in [2.24, 2.45) is 0 Å². The highest BCUT2D eigenvalue weighted by molar-refractivity contribution is 6.02. The first-order valence-corrected chi connectivity index (χ1v) is 9.03. The molecule has 0 spiro atoms. The molecule has 4 rings (SSSR count). The van der Waals surface area contributed by atoms with E-state index in [0.29, 0.717) is 30.2 Å². The third-order valence-electron chi connectivity index (χ3n) is 4.82. The van der Waals surface area contributed by atoms with Crippen LogP contribution in [0.25, 0.3) is 0 Å². The highest BCUT2D eigenvalue weighted by Gasteiger charge is 2.24. The molecule has 2 N–H and O–H groups in total. The summed E-state index contributed by atoms with van der Waals surface area (Å²) >= 11 is 0. The average Bonchev–Trinajstić information content (AvgIpc) is 2.66. The Morgan fingerprint density at radius 2 is 1.78 bits per heavy atom. The first-order valence-electron chi connectivity index (χ1n) is 9.03. The molecule has 4 heterocycles. The van der Waals surface area contributed by atoms with Crippen molar-refractivity contribution in [3.63, 3.8) is 0 Å². The number of hydrogen-bond donors (Lipinski definition) is 2. The zero-order valence-electron chi connectivity index (χ0n) is 15.5. The summed E-state index contributed by atoms with van der Waals surface area (Å²) < 4.78 is 0. The number of nitrogens with one attached hydrogen (secondary N) is 2. The van der Waals surface area contributed by atoms with Crippen LogP contribution in [0.5, 0.6) is 0 Å². The molecule has 1 saturated heterocycles. The minimum absolute atomic E-state index is 0.0631. The number of piperazine rings is 1. The van der Waals surface area contributed by atoms with Crippen LogP contribution in [0.15, 0.2) is 24.4 Å². The van der Waals surface area contributed by atoms with E-state index in [1.807, 2.05) is 18.7 Å². The van der Waals surface area contributed by atoms with Gasteiger partial charge in [-0.05, 0) is 32.0 Å². The van der Waals surface area contributed by atoms with Gasteiger partial charge in [0, 0.05) is 49.5 Å². The van der Waals surface area contributed by atoms with Gasteiger partial charge in [-0.2, -0.15) is 0 Å². The molecule has 0 bridgehead atoms. The van der Waals surface area contributed by atoms with Crippen molar-refractivity contribution in [2.75, 3.05) is 48.3 Å². The van der Waals surface area contributed by atoms with E-state index in [1.165, 1.54) is 0 Å². The van der Waals surface area contributed by atoms with Crippen molar-refractivity contribution in [1.82, 2.24) is 14.9 Å². The van der Waals surface area contributed by atoms with E-state index in [4.69, 9.17) is 0 Å². The van der Waals surface area contributed by atoms with Gasteiger partial charge in [0.1, 0.15) is 5.82 Å². The second-order valence-electron chi connectivity index (χ2n) is 6.91. The fraction of sp³-hybridized carbons (Fsp3) is 0.368. The molecule has 0 unspecified atom stereocenters. The van der Waals surface area contributed by atoms with Crippen LogP contribution in [0.1, 0.15) is 21.7 Å². The van der Waals surface area contributed by atoms with E-state index in [-0.39, 0.29) is 18.4 Å². The zero-order valence-corrected chi connectivity index (χ0v) is 15.5. The molecule has 8 nitrogen and oxygen atoms in total. The van der Waals surface area contributed by atoms with Crippen LogP contribution in [0, 0.1) is 13.8 Å². The predicted octanol–water partition coefficient (Wildman–Crippen LogP) is 1.42. The van der Waals surface area contributed by atoms with Crippen LogP contribution in [0.4, 0.5) is 17.2 Å². The monoisotopic (exact) mass is 366 g/mol. The highest BCUT2D eigenvalue weighted by atomic mass is 16.2. The lowest BCUT2D eigenvalue weighted by molar-refractivity contribution is -0.114. The Hall–Kier alpha value is -3.16. The predicted molar refractivity (Wildman–Crippen MR) is 103 cm³/mol. The van der Waals surface area contributed by atoms with E-state index < -0.39 is 0 Å². The van der Waals surface area contributed by atoms with Gasteiger partial charge >= 0.3 is 0 Å². The Morgan fingerprint density at radius 3 is 2.48 bits per heavy atom. The van der Waals surface area contributed by atoms with E-state index in [0.717, 1.165) is 30.2 Å².